The van der Waals surface area contributed by atoms with Crippen molar-refractivity contribution in [3.63, 3.8) is 0 Å². The van der Waals surface area contributed by atoms with Gasteiger partial charge in [0.2, 0.25) is 5.69 Å². The molecule has 4 heteroatoms. The van der Waals surface area contributed by atoms with Crippen LogP contribution in [-0.2, 0) is 11.3 Å². The van der Waals surface area contributed by atoms with Crippen molar-refractivity contribution in [2.75, 3.05) is 6.61 Å². The molecule has 0 unspecified atom stereocenters. The Bertz CT molecular complexity index is 573. The molecule has 0 saturated carbocycles. The van der Waals surface area contributed by atoms with Gasteiger partial charge in [-0.05, 0) is 20.8 Å². The van der Waals surface area contributed by atoms with E-state index in [-0.39, 0.29) is 5.97 Å². The molecule has 0 spiro atoms. The number of hydrogen-bond acceptors (Lipinski definition) is 2. The second-order valence-electron chi connectivity index (χ2n) is 4.25. The van der Waals surface area contributed by atoms with Gasteiger partial charge in [0.25, 0.3) is 0 Å². The molecule has 100 valence electrons. The number of carbonyl (C=O) groups is 1. The molecule has 0 fully saturated rings. The van der Waals surface area contributed by atoms with Gasteiger partial charge in [-0.3, -0.25) is 0 Å². The van der Waals surface area contributed by atoms with E-state index >= 15 is 0 Å². The minimum absolute atomic E-state index is 0.290. The molecule has 0 bridgehead atoms. The minimum atomic E-state index is -0.290. The summed E-state index contributed by atoms with van der Waals surface area (Å²) in [5, 5.41) is 0. The van der Waals surface area contributed by atoms with E-state index in [1.807, 2.05) is 54.9 Å². The smallest absolute Gasteiger partial charge is 0.406 e. The molecule has 1 aromatic carbocycles. The second kappa shape index (κ2) is 5.69. The van der Waals surface area contributed by atoms with E-state index in [1.165, 1.54) is 0 Å². The fraction of sp³-hybridized carbons (Fsp3) is 0.333. The molecule has 0 saturated heterocycles. The quantitative estimate of drug-likeness (QED) is 0.623. The number of rotatable bonds is 4. The summed E-state index contributed by atoms with van der Waals surface area (Å²) >= 11 is 0. The van der Waals surface area contributed by atoms with Crippen LogP contribution in [-0.4, -0.2) is 17.3 Å². The molecule has 4 nitrogen and oxygen atoms in total. The molecule has 1 heterocycles. The standard InChI is InChI=1S/C15H19N2O2/c1-4-16-12(3)11-14(15(18)19-5-2)17(16)13-9-7-6-8-10-13/h6-11H,4-5H2,1-3H3/q+1. The monoisotopic (exact) mass is 259 g/mol. The third-order valence-corrected chi connectivity index (χ3v) is 3.01. The maximum Gasteiger partial charge on any atom is 0.406 e. The van der Waals surface area contributed by atoms with Gasteiger partial charge in [-0.1, -0.05) is 22.9 Å². The Kier molecular flexibility index (Phi) is 4.00. The average molecular weight is 259 g/mol. The van der Waals surface area contributed by atoms with Crippen LogP contribution in [0.4, 0.5) is 0 Å². The number of benzene rings is 1. The normalized spacial score (nSPS) is 10.5. The van der Waals surface area contributed by atoms with Crippen LogP contribution in [0.5, 0.6) is 0 Å². The summed E-state index contributed by atoms with van der Waals surface area (Å²) in [6, 6.07) is 11.7. The van der Waals surface area contributed by atoms with E-state index in [1.54, 1.807) is 0 Å². The minimum Gasteiger partial charge on any atom is -0.458 e. The number of aromatic nitrogens is 2. The maximum absolute atomic E-state index is 12.1. The zero-order valence-electron chi connectivity index (χ0n) is 11.6. The van der Waals surface area contributed by atoms with Gasteiger partial charge in [0.15, 0.2) is 0 Å². The first-order valence-corrected chi connectivity index (χ1v) is 6.54. The van der Waals surface area contributed by atoms with E-state index in [2.05, 4.69) is 11.6 Å². The van der Waals surface area contributed by atoms with E-state index in [0.717, 1.165) is 17.9 Å². The molecule has 0 aliphatic rings. The summed E-state index contributed by atoms with van der Waals surface area (Å²) in [5.41, 5.74) is 2.56. The molecule has 0 aliphatic carbocycles. The Labute approximate surface area is 113 Å². The highest BCUT2D eigenvalue weighted by molar-refractivity contribution is 5.86. The zero-order chi connectivity index (χ0) is 13.8. The topological polar surface area (TPSA) is 35.1 Å². The second-order valence-corrected chi connectivity index (χ2v) is 4.25. The summed E-state index contributed by atoms with van der Waals surface area (Å²) in [4.78, 5) is 12.1. The lowest BCUT2D eigenvalue weighted by Crippen LogP contribution is -2.45. The summed E-state index contributed by atoms with van der Waals surface area (Å²) in [6.07, 6.45) is 0. The molecule has 1 aromatic heterocycles. The highest BCUT2D eigenvalue weighted by Gasteiger charge is 2.29. The maximum atomic E-state index is 12.1. The van der Waals surface area contributed by atoms with Gasteiger partial charge in [0.1, 0.15) is 0 Å². The molecule has 0 amide bonds. The SMILES string of the molecule is CCOC(=O)c1cc(C)n(CC)[n+]1-c1ccccc1. The Morgan fingerprint density at radius 2 is 1.95 bits per heavy atom. The fourth-order valence-electron chi connectivity index (χ4n) is 2.21. The number of aryl methyl sites for hydroxylation is 1. The number of carbonyl (C=O) groups excluding carboxylic acids is 1. The number of nitrogens with zero attached hydrogens (tertiary/aromatic N) is 2. The molecular weight excluding hydrogens is 240 g/mol. The molecule has 2 rings (SSSR count). The van der Waals surface area contributed by atoms with Crippen molar-refractivity contribution in [3.8, 4) is 5.69 Å². The van der Waals surface area contributed by atoms with E-state index in [4.69, 9.17) is 4.74 Å². The molecule has 19 heavy (non-hydrogen) atoms. The lowest BCUT2D eigenvalue weighted by atomic mass is 10.3. The number of esters is 1. The lowest BCUT2D eigenvalue weighted by Gasteiger charge is -2.03. The van der Waals surface area contributed by atoms with Crippen LogP contribution in [0.1, 0.15) is 30.0 Å². The summed E-state index contributed by atoms with van der Waals surface area (Å²) < 4.78 is 9.10. The predicted octanol–water partition coefficient (Wildman–Crippen LogP) is 2.27. The van der Waals surface area contributed by atoms with Gasteiger partial charge in [-0.15, -0.1) is 0 Å². The van der Waals surface area contributed by atoms with Gasteiger partial charge in [-0.25, -0.2) is 4.79 Å². The highest BCUT2D eigenvalue weighted by atomic mass is 16.5. The molecule has 0 radical (unpaired) electrons. The van der Waals surface area contributed by atoms with Gasteiger partial charge < -0.3 is 4.74 Å². The molecule has 0 aliphatic heterocycles. The van der Waals surface area contributed by atoms with Crippen molar-refractivity contribution >= 4 is 5.97 Å². The number of ether oxygens (including phenoxy) is 1. The van der Waals surface area contributed by atoms with Crippen molar-refractivity contribution in [2.24, 2.45) is 0 Å². The van der Waals surface area contributed by atoms with Gasteiger partial charge in [0.05, 0.1) is 18.8 Å². The Balaban J connectivity index is 2.59. The summed E-state index contributed by atoms with van der Waals surface area (Å²) in [7, 11) is 0. The third kappa shape index (κ3) is 2.52. The molecule has 2 aromatic rings. The number of para-hydroxylation sites is 1. The Hall–Kier alpha value is -2.10. The van der Waals surface area contributed by atoms with Crippen molar-refractivity contribution in [3.05, 3.63) is 47.8 Å². The van der Waals surface area contributed by atoms with Crippen LogP contribution < -0.4 is 4.68 Å². The van der Waals surface area contributed by atoms with Crippen LogP contribution in [0.25, 0.3) is 5.69 Å². The van der Waals surface area contributed by atoms with E-state index < -0.39 is 0 Å². The first kappa shape index (κ1) is 13.3. The van der Waals surface area contributed by atoms with Gasteiger partial charge in [0, 0.05) is 18.2 Å². The van der Waals surface area contributed by atoms with Crippen LogP contribution >= 0.6 is 0 Å². The van der Waals surface area contributed by atoms with Crippen molar-refractivity contribution < 1.29 is 14.2 Å². The van der Waals surface area contributed by atoms with Gasteiger partial charge in [-0.2, -0.15) is 4.68 Å². The summed E-state index contributed by atoms with van der Waals surface area (Å²) in [6.45, 7) is 7.03. The van der Waals surface area contributed by atoms with E-state index in [9.17, 15) is 4.79 Å². The van der Waals surface area contributed by atoms with E-state index in [0.29, 0.717) is 12.3 Å². The van der Waals surface area contributed by atoms with Crippen LogP contribution in [0.15, 0.2) is 36.4 Å². The van der Waals surface area contributed by atoms with Gasteiger partial charge >= 0.3 is 11.7 Å². The average Bonchev–Trinajstić information content (AvgIpc) is 2.77. The molecule has 0 N–H and O–H groups in total. The Morgan fingerprint density at radius 3 is 2.53 bits per heavy atom. The predicted molar refractivity (Wildman–Crippen MR) is 72.3 cm³/mol. The largest absolute Gasteiger partial charge is 0.458 e. The fourth-order valence-corrected chi connectivity index (χ4v) is 2.21. The summed E-state index contributed by atoms with van der Waals surface area (Å²) in [5.74, 6) is -0.290. The van der Waals surface area contributed by atoms with Crippen molar-refractivity contribution in [1.29, 1.82) is 0 Å². The van der Waals surface area contributed by atoms with Crippen molar-refractivity contribution in [2.45, 2.75) is 27.3 Å². The highest BCUT2D eigenvalue weighted by Crippen LogP contribution is 2.08. The van der Waals surface area contributed by atoms with Crippen LogP contribution in [0.3, 0.4) is 0 Å². The lowest BCUT2D eigenvalue weighted by molar-refractivity contribution is -0.687. The van der Waals surface area contributed by atoms with Crippen LogP contribution in [0.2, 0.25) is 0 Å². The Morgan fingerprint density at radius 1 is 1.26 bits per heavy atom. The first-order chi connectivity index (χ1) is 9.19. The first-order valence-electron chi connectivity index (χ1n) is 6.54. The van der Waals surface area contributed by atoms with Crippen LogP contribution in [0, 0.1) is 6.92 Å². The zero-order valence-corrected chi connectivity index (χ0v) is 11.6. The van der Waals surface area contributed by atoms with Crippen molar-refractivity contribution in [1.82, 2.24) is 4.68 Å². The molecule has 0 atom stereocenters. The molecular formula is C15H19N2O2+. The third-order valence-electron chi connectivity index (χ3n) is 3.01. The number of hydrogen-bond donors (Lipinski definition) is 0.